The summed E-state index contributed by atoms with van der Waals surface area (Å²) in [4.78, 5) is 6.93. The molecule has 28 heavy (non-hydrogen) atoms. The van der Waals surface area contributed by atoms with E-state index in [-0.39, 0.29) is 6.10 Å². The molecule has 1 aromatic heterocycles. The lowest BCUT2D eigenvalue weighted by molar-refractivity contribution is 0.197. The Hall–Kier alpha value is -3.01. The van der Waals surface area contributed by atoms with Crippen LogP contribution in [0.3, 0.4) is 0 Å². The van der Waals surface area contributed by atoms with Crippen molar-refractivity contribution in [2.24, 2.45) is 0 Å². The van der Waals surface area contributed by atoms with Gasteiger partial charge in [0.05, 0.1) is 19.8 Å². The molecule has 144 valence electrons. The van der Waals surface area contributed by atoms with Crippen molar-refractivity contribution < 1.29 is 9.47 Å². The lowest BCUT2D eigenvalue weighted by Gasteiger charge is -2.26. The lowest BCUT2D eigenvalue weighted by Crippen LogP contribution is -2.20. The third kappa shape index (κ3) is 4.11. The van der Waals surface area contributed by atoms with Crippen molar-refractivity contribution in [1.29, 1.82) is 0 Å². The highest BCUT2D eigenvalue weighted by Gasteiger charge is 2.23. The van der Waals surface area contributed by atoms with Gasteiger partial charge in [0, 0.05) is 23.6 Å². The van der Waals surface area contributed by atoms with Gasteiger partial charge in [-0.25, -0.2) is 0 Å². The minimum absolute atomic E-state index is 0.249. The maximum absolute atomic E-state index is 6.39. The third-order valence-corrected chi connectivity index (χ3v) is 5.19. The minimum atomic E-state index is 0.249. The van der Waals surface area contributed by atoms with Crippen LogP contribution in [0.1, 0.15) is 31.4 Å². The van der Waals surface area contributed by atoms with Crippen LogP contribution < -0.4 is 14.4 Å². The van der Waals surface area contributed by atoms with Crippen LogP contribution in [0.2, 0.25) is 0 Å². The minimum Gasteiger partial charge on any atom is -0.493 e. The van der Waals surface area contributed by atoms with E-state index in [1.54, 1.807) is 13.3 Å². The third-order valence-electron chi connectivity index (χ3n) is 5.19. The number of aromatic nitrogens is 1. The molecule has 3 aromatic rings. The van der Waals surface area contributed by atoms with E-state index in [1.807, 2.05) is 18.2 Å². The van der Waals surface area contributed by atoms with Gasteiger partial charge in [0.2, 0.25) is 0 Å². The topological polar surface area (TPSA) is 34.6 Å². The van der Waals surface area contributed by atoms with Gasteiger partial charge in [-0.15, -0.1) is 0 Å². The molecule has 1 fully saturated rings. The van der Waals surface area contributed by atoms with Crippen molar-refractivity contribution in [2.75, 3.05) is 12.0 Å². The highest BCUT2D eigenvalue weighted by atomic mass is 16.5. The van der Waals surface area contributed by atoms with Crippen LogP contribution in [-0.4, -0.2) is 18.2 Å². The van der Waals surface area contributed by atoms with E-state index >= 15 is 0 Å². The van der Waals surface area contributed by atoms with Crippen LogP contribution in [-0.2, 0) is 6.54 Å². The number of methoxy groups -OCH3 is 1. The van der Waals surface area contributed by atoms with Gasteiger partial charge in [-0.05, 0) is 49.9 Å². The lowest BCUT2D eigenvalue weighted by atomic mass is 10.2. The summed E-state index contributed by atoms with van der Waals surface area (Å²) in [6.07, 6.45) is 6.69. The van der Waals surface area contributed by atoms with Gasteiger partial charge in [-0.1, -0.05) is 36.4 Å². The molecule has 0 saturated heterocycles. The fraction of sp³-hybridized carbons (Fsp3) is 0.292. The summed E-state index contributed by atoms with van der Waals surface area (Å²) in [5.41, 5.74) is 3.12. The van der Waals surface area contributed by atoms with E-state index < -0.39 is 0 Å². The largest absolute Gasteiger partial charge is 0.493 e. The van der Waals surface area contributed by atoms with Gasteiger partial charge in [-0.3, -0.25) is 4.98 Å². The number of hydrogen-bond donors (Lipinski definition) is 0. The van der Waals surface area contributed by atoms with Crippen molar-refractivity contribution in [1.82, 2.24) is 4.98 Å². The van der Waals surface area contributed by atoms with E-state index in [9.17, 15) is 0 Å². The highest BCUT2D eigenvalue weighted by molar-refractivity contribution is 5.63. The summed E-state index contributed by atoms with van der Waals surface area (Å²) in [5, 5.41) is 0. The molecule has 0 aliphatic heterocycles. The quantitative estimate of drug-likeness (QED) is 0.527. The molecule has 0 bridgehead atoms. The molecule has 0 N–H and O–H groups in total. The Labute approximate surface area is 166 Å². The predicted molar refractivity (Wildman–Crippen MR) is 112 cm³/mol. The molecule has 0 radical (unpaired) electrons. The van der Waals surface area contributed by atoms with E-state index in [4.69, 9.17) is 9.47 Å². The Kier molecular flexibility index (Phi) is 5.76. The number of hydrogen-bond acceptors (Lipinski definition) is 4. The molecular weight excluding hydrogens is 348 g/mol. The Bertz CT molecular complexity index is 838. The van der Waals surface area contributed by atoms with Crippen LogP contribution in [0.15, 0.2) is 72.9 Å². The fourth-order valence-electron chi connectivity index (χ4n) is 3.74. The first-order valence-electron chi connectivity index (χ1n) is 9.91. The number of anilines is 2. The highest BCUT2D eigenvalue weighted by Crippen LogP contribution is 2.36. The van der Waals surface area contributed by atoms with Crippen LogP contribution in [0.5, 0.6) is 11.5 Å². The second kappa shape index (κ2) is 8.79. The summed E-state index contributed by atoms with van der Waals surface area (Å²) in [7, 11) is 1.69. The molecule has 0 atom stereocenters. The SMILES string of the molecule is COc1ccnc(CN(c2ccccc2)c2ccccc2)c1OC1CCCC1. The van der Waals surface area contributed by atoms with Gasteiger partial charge in [-0.2, -0.15) is 0 Å². The Morgan fingerprint density at radius 2 is 1.50 bits per heavy atom. The first-order valence-corrected chi connectivity index (χ1v) is 9.91. The molecule has 1 aliphatic rings. The smallest absolute Gasteiger partial charge is 0.184 e. The van der Waals surface area contributed by atoms with Crippen molar-refractivity contribution in [3.05, 3.63) is 78.6 Å². The fourth-order valence-corrected chi connectivity index (χ4v) is 3.74. The van der Waals surface area contributed by atoms with E-state index in [2.05, 4.69) is 58.4 Å². The molecule has 4 rings (SSSR count). The predicted octanol–water partition coefficient (Wildman–Crippen LogP) is 5.75. The molecule has 1 saturated carbocycles. The molecule has 1 heterocycles. The molecule has 4 nitrogen and oxygen atoms in total. The zero-order valence-corrected chi connectivity index (χ0v) is 16.3. The molecule has 0 spiro atoms. The van der Waals surface area contributed by atoms with Crippen molar-refractivity contribution in [3.8, 4) is 11.5 Å². The number of para-hydroxylation sites is 2. The average molecular weight is 374 g/mol. The van der Waals surface area contributed by atoms with Gasteiger partial charge in [0.1, 0.15) is 5.69 Å². The van der Waals surface area contributed by atoms with Crippen molar-refractivity contribution >= 4 is 11.4 Å². The summed E-state index contributed by atoms with van der Waals surface area (Å²) < 4.78 is 12.0. The van der Waals surface area contributed by atoms with Gasteiger partial charge >= 0.3 is 0 Å². The Morgan fingerprint density at radius 3 is 2.07 bits per heavy atom. The molecule has 0 unspecified atom stereocenters. The summed E-state index contributed by atoms with van der Waals surface area (Å²) in [5.74, 6) is 1.52. The molecule has 0 amide bonds. The van der Waals surface area contributed by atoms with E-state index in [0.29, 0.717) is 6.54 Å². The van der Waals surface area contributed by atoms with Crippen molar-refractivity contribution in [2.45, 2.75) is 38.3 Å². The van der Waals surface area contributed by atoms with Gasteiger partial charge in [0.25, 0.3) is 0 Å². The number of rotatable bonds is 7. The van der Waals surface area contributed by atoms with Crippen LogP contribution in [0, 0.1) is 0 Å². The number of benzene rings is 2. The second-order valence-corrected chi connectivity index (χ2v) is 7.07. The zero-order chi connectivity index (χ0) is 19.2. The maximum atomic E-state index is 6.39. The van der Waals surface area contributed by atoms with Gasteiger partial charge in [0.15, 0.2) is 11.5 Å². The number of ether oxygens (including phenoxy) is 2. The zero-order valence-electron chi connectivity index (χ0n) is 16.3. The number of pyridine rings is 1. The Balaban J connectivity index is 1.70. The normalized spacial score (nSPS) is 14.0. The van der Waals surface area contributed by atoms with Crippen LogP contribution >= 0.6 is 0 Å². The summed E-state index contributed by atoms with van der Waals surface area (Å²) >= 11 is 0. The van der Waals surface area contributed by atoms with Gasteiger partial charge < -0.3 is 14.4 Å². The standard InChI is InChI=1S/C24H26N2O2/c1-27-23-16-17-25-22(24(23)28-21-14-8-9-15-21)18-26(19-10-4-2-5-11-19)20-12-6-3-7-13-20/h2-7,10-13,16-17,21H,8-9,14-15,18H2,1H3. The first-order chi connectivity index (χ1) is 13.8. The molecule has 4 heteroatoms. The number of nitrogens with zero attached hydrogens (tertiary/aromatic N) is 2. The maximum Gasteiger partial charge on any atom is 0.184 e. The van der Waals surface area contributed by atoms with Crippen molar-refractivity contribution in [3.63, 3.8) is 0 Å². The molecule has 2 aromatic carbocycles. The van der Waals surface area contributed by atoms with Crippen LogP contribution in [0.25, 0.3) is 0 Å². The average Bonchev–Trinajstić information content (AvgIpc) is 3.27. The van der Waals surface area contributed by atoms with Crippen LogP contribution in [0.4, 0.5) is 11.4 Å². The molecular formula is C24H26N2O2. The van der Waals surface area contributed by atoms with E-state index in [1.165, 1.54) is 12.8 Å². The summed E-state index contributed by atoms with van der Waals surface area (Å²) in [6.45, 7) is 0.604. The monoisotopic (exact) mass is 374 g/mol. The second-order valence-electron chi connectivity index (χ2n) is 7.07. The Morgan fingerprint density at radius 1 is 0.893 bits per heavy atom. The first kappa shape index (κ1) is 18.4. The summed E-state index contributed by atoms with van der Waals surface area (Å²) in [6, 6.07) is 22.6. The van der Waals surface area contributed by atoms with E-state index in [0.717, 1.165) is 41.4 Å². The molecule has 1 aliphatic carbocycles.